The molecule has 17 heavy (non-hydrogen) atoms. The van der Waals surface area contributed by atoms with Crippen molar-refractivity contribution in [2.24, 2.45) is 0 Å². The van der Waals surface area contributed by atoms with E-state index in [-0.39, 0.29) is 11.8 Å². The summed E-state index contributed by atoms with van der Waals surface area (Å²) in [6.07, 6.45) is 3.02. The molecule has 2 rings (SSSR count). The van der Waals surface area contributed by atoms with E-state index in [9.17, 15) is 4.79 Å². The van der Waals surface area contributed by atoms with Crippen LogP contribution in [0.1, 0.15) is 43.9 Å². The number of fused-ring (bicyclic) bond motifs is 1. The van der Waals surface area contributed by atoms with Gasteiger partial charge in [-0.15, -0.1) is 0 Å². The number of hydrogen-bond acceptors (Lipinski definition) is 1. The van der Waals surface area contributed by atoms with Crippen LogP contribution in [0.5, 0.6) is 0 Å². The minimum atomic E-state index is -0.759. The molecule has 0 saturated carbocycles. The zero-order valence-electron chi connectivity index (χ0n) is 10.6. The summed E-state index contributed by atoms with van der Waals surface area (Å²) >= 11 is 0. The van der Waals surface area contributed by atoms with E-state index < -0.39 is 5.97 Å². The van der Waals surface area contributed by atoms with Gasteiger partial charge in [0.05, 0.1) is 6.42 Å². The Kier molecular flexibility index (Phi) is 2.82. The maximum Gasteiger partial charge on any atom is 0.307 e. The highest BCUT2D eigenvalue weighted by Crippen LogP contribution is 2.33. The van der Waals surface area contributed by atoms with E-state index in [1.165, 1.54) is 11.1 Å². The Bertz CT molecular complexity index is 490. The molecule has 0 atom stereocenters. The van der Waals surface area contributed by atoms with Crippen LogP contribution in [0.2, 0.25) is 0 Å². The Balaban J connectivity index is 2.38. The fraction of sp³-hybridized carbons (Fsp3) is 0.400. The van der Waals surface area contributed by atoms with Crippen LogP contribution in [0.25, 0.3) is 5.57 Å². The summed E-state index contributed by atoms with van der Waals surface area (Å²) in [7, 11) is 0. The molecule has 0 amide bonds. The fourth-order valence-electron chi connectivity index (χ4n) is 2.19. The van der Waals surface area contributed by atoms with Gasteiger partial charge in [-0.1, -0.05) is 45.0 Å². The summed E-state index contributed by atoms with van der Waals surface area (Å²) < 4.78 is 0. The molecule has 1 aliphatic rings. The van der Waals surface area contributed by atoms with Crippen LogP contribution in [0.3, 0.4) is 0 Å². The van der Waals surface area contributed by atoms with E-state index in [1.807, 2.05) is 6.08 Å². The molecule has 0 aliphatic heterocycles. The van der Waals surface area contributed by atoms with Crippen molar-refractivity contribution in [2.75, 3.05) is 0 Å². The van der Waals surface area contributed by atoms with Gasteiger partial charge in [0, 0.05) is 0 Å². The largest absolute Gasteiger partial charge is 0.481 e. The summed E-state index contributed by atoms with van der Waals surface area (Å²) in [5, 5.41) is 8.89. The number of hydrogen-bond donors (Lipinski definition) is 1. The lowest BCUT2D eigenvalue weighted by atomic mass is 9.85. The first-order valence-corrected chi connectivity index (χ1v) is 5.92. The molecule has 1 N–H and O–H groups in total. The van der Waals surface area contributed by atoms with Crippen molar-refractivity contribution in [3.63, 3.8) is 0 Å². The molecule has 0 bridgehead atoms. The summed E-state index contributed by atoms with van der Waals surface area (Å²) in [6, 6.07) is 6.43. The molecule has 2 nitrogen and oxygen atoms in total. The van der Waals surface area contributed by atoms with Gasteiger partial charge in [-0.3, -0.25) is 4.79 Å². The van der Waals surface area contributed by atoms with Crippen LogP contribution < -0.4 is 0 Å². The van der Waals surface area contributed by atoms with Crippen LogP contribution in [0, 0.1) is 0 Å². The van der Waals surface area contributed by atoms with Gasteiger partial charge in [-0.2, -0.15) is 0 Å². The third kappa shape index (κ3) is 2.41. The quantitative estimate of drug-likeness (QED) is 0.845. The lowest BCUT2D eigenvalue weighted by molar-refractivity contribution is -0.135. The molecule has 0 radical (unpaired) electrons. The highest BCUT2D eigenvalue weighted by Gasteiger charge is 2.20. The van der Waals surface area contributed by atoms with E-state index in [0.717, 1.165) is 17.6 Å². The van der Waals surface area contributed by atoms with Gasteiger partial charge in [0.15, 0.2) is 0 Å². The van der Waals surface area contributed by atoms with Gasteiger partial charge in [0.25, 0.3) is 0 Å². The molecule has 0 spiro atoms. The van der Waals surface area contributed by atoms with Crippen LogP contribution >= 0.6 is 0 Å². The van der Waals surface area contributed by atoms with Crippen LogP contribution in [-0.2, 0) is 16.6 Å². The van der Waals surface area contributed by atoms with Gasteiger partial charge in [0.1, 0.15) is 0 Å². The number of carbonyl (C=O) groups is 1. The molecule has 90 valence electrons. The molecule has 1 aromatic carbocycles. The monoisotopic (exact) mass is 230 g/mol. The summed E-state index contributed by atoms with van der Waals surface area (Å²) in [5.74, 6) is -0.759. The second-order valence-corrected chi connectivity index (χ2v) is 5.63. The third-order valence-corrected chi connectivity index (χ3v) is 3.23. The lowest BCUT2D eigenvalue weighted by Crippen LogP contribution is -2.11. The van der Waals surface area contributed by atoms with Gasteiger partial charge in [-0.05, 0) is 34.1 Å². The van der Waals surface area contributed by atoms with Crippen LogP contribution in [0.4, 0.5) is 0 Å². The smallest absolute Gasteiger partial charge is 0.307 e. The predicted molar refractivity (Wildman–Crippen MR) is 69.1 cm³/mol. The molecule has 0 unspecified atom stereocenters. The molecule has 1 aromatic rings. The Morgan fingerprint density at radius 1 is 1.35 bits per heavy atom. The molecule has 1 aliphatic carbocycles. The maximum absolute atomic E-state index is 10.8. The van der Waals surface area contributed by atoms with E-state index in [1.54, 1.807) is 0 Å². The minimum Gasteiger partial charge on any atom is -0.481 e. The molecular formula is C15H18O2. The Morgan fingerprint density at radius 2 is 2.06 bits per heavy atom. The van der Waals surface area contributed by atoms with Gasteiger partial charge < -0.3 is 5.11 Å². The second kappa shape index (κ2) is 4.02. The Hall–Kier alpha value is -1.57. The lowest BCUT2D eigenvalue weighted by Gasteiger charge is -2.20. The molecule has 2 heteroatoms. The first kappa shape index (κ1) is 11.9. The number of carboxylic acids is 1. The zero-order valence-corrected chi connectivity index (χ0v) is 10.6. The summed E-state index contributed by atoms with van der Waals surface area (Å²) in [6.45, 7) is 6.51. The van der Waals surface area contributed by atoms with Gasteiger partial charge in [-0.25, -0.2) is 0 Å². The third-order valence-electron chi connectivity index (χ3n) is 3.23. The highest BCUT2D eigenvalue weighted by atomic mass is 16.4. The van der Waals surface area contributed by atoms with E-state index in [4.69, 9.17) is 5.11 Å². The summed E-state index contributed by atoms with van der Waals surface area (Å²) in [5.41, 5.74) is 4.69. The van der Waals surface area contributed by atoms with Crippen molar-refractivity contribution >= 4 is 11.5 Å². The number of allylic oxidation sites excluding steroid dienone is 1. The molecule has 0 aromatic heterocycles. The molecule has 0 heterocycles. The topological polar surface area (TPSA) is 37.3 Å². The molecule has 0 saturated heterocycles. The van der Waals surface area contributed by atoms with Crippen molar-refractivity contribution < 1.29 is 9.90 Å². The Labute approximate surface area is 102 Å². The number of carboxylic acid groups (broad SMARTS) is 1. The Morgan fingerprint density at radius 3 is 2.65 bits per heavy atom. The first-order valence-electron chi connectivity index (χ1n) is 5.92. The van der Waals surface area contributed by atoms with Crippen molar-refractivity contribution in [1.29, 1.82) is 0 Å². The predicted octanol–water partition coefficient (Wildman–Crippen LogP) is 3.40. The van der Waals surface area contributed by atoms with E-state index in [0.29, 0.717) is 0 Å². The normalized spacial score (nSPS) is 14.4. The highest BCUT2D eigenvalue weighted by molar-refractivity contribution is 5.87. The zero-order chi connectivity index (χ0) is 12.6. The van der Waals surface area contributed by atoms with Crippen molar-refractivity contribution in [3.05, 3.63) is 41.0 Å². The van der Waals surface area contributed by atoms with Crippen molar-refractivity contribution in [2.45, 2.75) is 39.0 Å². The number of rotatable bonds is 2. The first-order chi connectivity index (χ1) is 7.88. The minimum absolute atomic E-state index is 0.103. The van der Waals surface area contributed by atoms with Crippen molar-refractivity contribution in [3.8, 4) is 0 Å². The van der Waals surface area contributed by atoms with Crippen LogP contribution in [-0.4, -0.2) is 11.1 Å². The standard InChI is InChI=1S/C15H18O2/c1-15(2,3)12-7-6-10-4-5-11(8-14(16)17)13(10)9-12/h5-7,9H,4,8H2,1-3H3,(H,16,17). The van der Waals surface area contributed by atoms with E-state index >= 15 is 0 Å². The fourth-order valence-corrected chi connectivity index (χ4v) is 2.19. The summed E-state index contributed by atoms with van der Waals surface area (Å²) in [4.78, 5) is 10.8. The average molecular weight is 230 g/mol. The number of benzene rings is 1. The second-order valence-electron chi connectivity index (χ2n) is 5.63. The van der Waals surface area contributed by atoms with Gasteiger partial charge >= 0.3 is 5.97 Å². The number of aliphatic carboxylic acids is 1. The average Bonchev–Trinajstić information content (AvgIpc) is 2.59. The SMILES string of the molecule is CC(C)(C)c1ccc2c(c1)C(CC(=O)O)=CC2. The molecule has 0 fully saturated rings. The van der Waals surface area contributed by atoms with Crippen molar-refractivity contribution in [1.82, 2.24) is 0 Å². The van der Waals surface area contributed by atoms with Crippen LogP contribution in [0.15, 0.2) is 24.3 Å². The van der Waals surface area contributed by atoms with Gasteiger partial charge in [0.2, 0.25) is 0 Å². The molecular weight excluding hydrogens is 212 g/mol. The maximum atomic E-state index is 10.8. The van der Waals surface area contributed by atoms with E-state index in [2.05, 4.69) is 39.0 Å².